The highest BCUT2D eigenvalue weighted by molar-refractivity contribution is 5.06. The van der Waals surface area contributed by atoms with E-state index in [1.807, 2.05) is 0 Å². The second-order valence-electron chi connectivity index (χ2n) is 11.6. The largest absolute Gasteiger partial charge is 0.393 e. The predicted octanol–water partition coefficient (Wildman–Crippen LogP) is 6.34. The summed E-state index contributed by atoms with van der Waals surface area (Å²) in [6.07, 6.45) is 17.4. The number of aliphatic hydroxyl groups is 2. The summed E-state index contributed by atoms with van der Waals surface area (Å²) in [7, 11) is 0. The van der Waals surface area contributed by atoms with E-state index in [2.05, 4.69) is 20.8 Å². The molecule has 0 bridgehead atoms. The lowest BCUT2D eigenvalue weighted by Crippen LogP contribution is -2.50. The maximum Gasteiger partial charge on any atom is 0.0648 e. The molecule has 0 heterocycles. The number of rotatable bonds is 6. The molecule has 4 rings (SSSR count). The van der Waals surface area contributed by atoms with Crippen molar-refractivity contribution < 1.29 is 10.2 Å². The third-order valence-corrected chi connectivity index (χ3v) is 10.5. The molecule has 2 nitrogen and oxygen atoms in total. The molecule has 0 aromatic heterocycles. The maximum absolute atomic E-state index is 10.9. The molecule has 0 radical (unpaired) electrons. The van der Waals surface area contributed by atoms with E-state index in [1.165, 1.54) is 57.8 Å². The fraction of sp³-hybridized carbons (Fsp3) is 1.00. The highest BCUT2D eigenvalue weighted by Crippen LogP contribution is 2.65. The van der Waals surface area contributed by atoms with Crippen LogP contribution in [0.2, 0.25) is 0 Å². The van der Waals surface area contributed by atoms with E-state index in [4.69, 9.17) is 0 Å². The standard InChI is InChI=1S/C26H46O2/c1-4-20(27)8-6-7-19-10-12-24-23-11-9-18-17-26(28,5-2)16-14-21(18)22(23)13-15-25(19,24)3/h18-24,27-28H,4-17H2,1-3H3/t18?,19-,20?,21?,22?,23?,24?,25?,26-/m0/s1. The minimum Gasteiger partial charge on any atom is -0.393 e. The molecule has 0 aliphatic heterocycles. The fourth-order valence-corrected chi connectivity index (χ4v) is 8.67. The van der Waals surface area contributed by atoms with Crippen LogP contribution in [0.5, 0.6) is 0 Å². The highest BCUT2D eigenvalue weighted by atomic mass is 16.3. The van der Waals surface area contributed by atoms with Crippen molar-refractivity contribution in [2.24, 2.45) is 40.9 Å². The summed E-state index contributed by atoms with van der Waals surface area (Å²) in [6, 6.07) is 0. The number of hydrogen-bond acceptors (Lipinski definition) is 2. The van der Waals surface area contributed by atoms with E-state index in [1.54, 1.807) is 0 Å². The lowest BCUT2D eigenvalue weighted by molar-refractivity contribution is -0.107. The van der Waals surface area contributed by atoms with Crippen LogP contribution in [-0.2, 0) is 0 Å². The molecule has 162 valence electrons. The van der Waals surface area contributed by atoms with Gasteiger partial charge in [0.05, 0.1) is 11.7 Å². The molecule has 0 aromatic rings. The van der Waals surface area contributed by atoms with E-state index in [0.29, 0.717) is 5.41 Å². The number of hydrogen-bond donors (Lipinski definition) is 2. The lowest BCUT2D eigenvalue weighted by Gasteiger charge is -2.57. The van der Waals surface area contributed by atoms with Crippen molar-refractivity contribution in [2.45, 2.75) is 122 Å². The summed E-state index contributed by atoms with van der Waals surface area (Å²) in [5.41, 5.74) is 0.225. The van der Waals surface area contributed by atoms with Crippen LogP contribution in [0.15, 0.2) is 0 Å². The van der Waals surface area contributed by atoms with Crippen LogP contribution >= 0.6 is 0 Å². The van der Waals surface area contributed by atoms with Crippen molar-refractivity contribution in [1.29, 1.82) is 0 Å². The molecule has 4 aliphatic carbocycles. The molecule has 4 aliphatic rings. The fourth-order valence-electron chi connectivity index (χ4n) is 8.67. The second kappa shape index (κ2) is 8.22. The molecule has 4 saturated carbocycles. The minimum atomic E-state index is -0.349. The molecule has 2 N–H and O–H groups in total. The van der Waals surface area contributed by atoms with Crippen molar-refractivity contribution in [2.75, 3.05) is 0 Å². The first-order valence-electron chi connectivity index (χ1n) is 12.8. The molecule has 7 unspecified atom stereocenters. The average molecular weight is 391 g/mol. The van der Waals surface area contributed by atoms with Gasteiger partial charge in [-0.3, -0.25) is 0 Å². The van der Waals surface area contributed by atoms with Crippen molar-refractivity contribution in [3.63, 3.8) is 0 Å². The van der Waals surface area contributed by atoms with E-state index in [9.17, 15) is 10.2 Å². The topological polar surface area (TPSA) is 40.5 Å². The van der Waals surface area contributed by atoms with Gasteiger partial charge in [0, 0.05) is 0 Å². The lowest BCUT2D eigenvalue weighted by atomic mass is 9.48. The van der Waals surface area contributed by atoms with Crippen LogP contribution in [0.1, 0.15) is 111 Å². The Bertz CT molecular complexity index is 533. The Morgan fingerprint density at radius 1 is 0.929 bits per heavy atom. The Kier molecular flexibility index (Phi) is 6.21. The van der Waals surface area contributed by atoms with Crippen LogP contribution in [-0.4, -0.2) is 21.9 Å². The monoisotopic (exact) mass is 390 g/mol. The zero-order chi connectivity index (χ0) is 19.9. The Labute approximate surface area is 173 Å². The van der Waals surface area contributed by atoms with Crippen molar-refractivity contribution in [3.8, 4) is 0 Å². The van der Waals surface area contributed by atoms with Gasteiger partial charge in [-0.15, -0.1) is 0 Å². The third-order valence-electron chi connectivity index (χ3n) is 10.5. The first kappa shape index (κ1) is 21.2. The van der Waals surface area contributed by atoms with Crippen LogP contribution in [0, 0.1) is 40.9 Å². The van der Waals surface area contributed by atoms with E-state index in [-0.39, 0.29) is 11.7 Å². The molecule has 9 atom stereocenters. The summed E-state index contributed by atoms with van der Waals surface area (Å²) in [4.78, 5) is 0. The molecule has 28 heavy (non-hydrogen) atoms. The summed E-state index contributed by atoms with van der Waals surface area (Å²) >= 11 is 0. The quantitative estimate of drug-likeness (QED) is 0.556. The molecular weight excluding hydrogens is 344 g/mol. The Morgan fingerprint density at radius 2 is 1.71 bits per heavy atom. The highest BCUT2D eigenvalue weighted by Gasteiger charge is 2.57. The maximum atomic E-state index is 10.9. The summed E-state index contributed by atoms with van der Waals surface area (Å²) in [5.74, 6) is 5.50. The van der Waals surface area contributed by atoms with Gasteiger partial charge in [-0.1, -0.05) is 27.2 Å². The van der Waals surface area contributed by atoms with Crippen LogP contribution in [0.4, 0.5) is 0 Å². The Balaban J connectivity index is 1.40. The van der Waals surface area contributed by atoms with E-state index >= 15 is 0 Å². The van der Waals surface area contributed by atoms with Gasteiger partial charge in [0.2, 0.25) is 0 Å². The summed E-state index contributed by atoms with van der Waals surface area (Å²) < 4.78 is 0. The van der Waals surface area contributed by atoms with Gasteiger partial charge in [0.1, 0.15) is 0 Å². The summed E-state index contributed by atoms with van der Waals surface area (Å²) in [6.45, 7) is 6.92. The molecule has 0 amide bonds. The van der Waals surface area contributed by atoms with Gasteiger partial charge < -0.3 is 10.2 Å². The summed E-state index contributed by atoms with van der Waals surface area (Å²) in [5, 5.41) is 20.8. The molecule has 0 spiro atoms. The second-order valence-corrected chi connectivity index (χ2v) is 11.6. The molecule has 0 saturated heterocycles. The molecule has 4 fully saturated rings. The van der Waals surface area contributed by atoms with Crippen molar-refractivity contribution >= 4 is 0 Å². The van der Waals surface area contributed by atoms with Gasteiger partial charge in [0.15, 0.2) is 0 Å². The van der Waals surface area contributed by atoms with E-state index < -0.39 is 0 Å². The predicted molar refractivity (Wildman–Crippen MR) is 116 cm³/mol. The third kappa shape index (κ3) is 3.70. The minimum absolute atomic E-state index is 0.0795. The van der Waals surface area contributed by atoms with Gasteiger partial charge >= 0.3 is 0 Å². The van der Waals surface area contributed by atoms with Crippen LogP contribution in [0.3, 0.4) is 0 Å². The van der Waals surface area contributed by atoms with Crippen LogP contribution < -0.4 is 0 Å². The first-order valence-corrected chi connectivity index (χ1v) is 12.8. The zero-order valence-electron chi connectivity index (χ0n) is 18.8. The van der Waals surface area contributed by atoms with Crippen molar-refractivity contribution in [3.05, 3.63) is 0 Å². The smallest absolute Gasteiger partial charge is 0.0648 e. The van der Waals surface area contributed by atoms with Crippen molar-refractivity contribution in [1.82, 2.24) is 0 Å². The van der Waals surface area contributed by atoms with E-state index in [0.717, 1.165) is 67.6 Å². The normalized spacial score (nSPS) is 49.2. The zero-order valence-corrected chi connectivity index (χ0v) is 18.8. The van der Waals surface area contributed by atoms with Crippen LogP contribution in [0.25, 0.3) is 0 Å². The SMILES string of the molecule is CCC(O)CCC[C@H]1CCC2C3CCC4C[C@](O)(CC)CCC4C3CCC21C. The number of aliphatic hydroxyl groups excluding tert-OH is 1. The van der Waals surface area contributed by atoms with Gasteiger partial charge in [-0.2, -0.15) is 0 Å². The first-order chi connectivity index (χ1) is 13.4. The average Bonchev–Trinajstić information content (AvgIpc) is 3.04. The van der Waals surface area contributed by atoms with Gasteiger partial charge in [-0.05, 0) is 124 Å². The van der Waals surface area contributed by atoms with Gasteiger partial charge in [-0.25, -0.2) is 0 Å². The Morgan fingerprint density at radius 3 is 2.46 bits per heavy atom. The molecule has 2 heteroatoms. The van der Waals surface area contributed by atoms with Gasteiger partial charge in [0.25, 0.3) is 0 Å². The molecule has 0 aromatic carbocycles. The number of fused-ring (bicyclic) bond motifs is 5. The Hall–Kier alpha value is -0.0800. The molecular formula is C26H46O2.